The number of rotatable bonds is 6. The van der Waals surface area contributed by atoms with Crippen LogP contribution in [0.1, 0.15) is 12.8 Å². The van der Waals surface area contributed by atoms with Crippen molar-refractivity contribution in [3.8, 4) is 11.5 Å². The van der Waals surface area contributed by atoms with Crippen LogP contribution in [0.5, 0.6) is 11.5 Å². The predicted molar refractivity (Wildman–Crippen MR) is 79.9 cm³/mol. The molecule has 0 aromatic heterocycles. The topological polar surface area (TPSA) is 47.7 Å². The Morgan fingerprint density at radius 1 is 1.37 bits per heavy atom. The molecule has 1 heterocycles. The van der Waals surface area contributed by atoms with Gasteiger partial charge in [-0.3, -0.25) is 4.90 Å². The summed E-state index contributed by atoms with van der Waals surface area (Å²) in [5.74, 6) is 1.69. The first kappa shape index (κ1) is 14.1. The van der Waals surface area contributed by atoms with Crippen molar-refractivity contribution in [3.05, 3.63) is 24.3 Å². The fraction of sp³-hybridized carbons (Fsp3) is 0.500. The molecule has 1 aromatic rings. The normalized spacial score (nSPS) is 19.3. The SMILES string of the molecule is COc1ccc(OCCN2CCCC2C(N)=S)cc1. The lowest BCUT2D eigenvalue weighted by Crippen LogP contribution is -2.41. The molecule has 4 nitrogen and oxygen atoms in total. The highest BCUT2D eigenvalue weighted by atomic mass is 32.1. The average molecular weight is 280 g/mol. The molecule has 0 bridgehead atoms. The van der Waals surface area contributed by atoms with Crippen LogP contribution in [0, 0.1) is 0 Å². The van der Waals surface area contributed by atoms with Crippen LogP contribution in [0.3, 0.4) is 0 Å². The standard InChI is InChI=1S/C14H20N2O2S/c1-17-11-4-6-12(7-5-11)18-10-9-16-8-2-3-13(16)14(15)19/h4-7,13H,2-3,8-10H2,1H3,(H2,15,19). The highest BCUT2D eigenvalue weighted by Gasteiger charge is 2.26. The molecule has 0 amide bonds. The molecule has 1 saturated heterocycles. The van der Waals surface area contributed by atoms with E-state index >= 15 is 0 Å². The molecule has 19 heavy (non-hydrogen) atoms. The molecule has 5 heteroatoms. The molecule has 1 aromatic carbocycles. The maximum atomic E-state index is 5.74. The summed E-state index contributed by atoms with van der Waals surface area (Å²) in [6.45, 7) is 2.55. The summed E-state index contributed by atoms with van der Waals surface area (Å²) in [5.41, 5.74) is 5.74. The van der Waals surface area contributed by atoms with Gasteiger partial charge >= 0.3 is 0 Å². The van der Waals surface area contributed by atoms with Crippen LogP contribution in [0.25, 0.3) is 0 Å². The third kappa shape index (κ3) is 3.81. The van der Waals surface area contributed by atoms with Gasteiger partial charge in [-0.25, -0.2) is 0 Å². The quantitative estimate of drug-likeness (QED) is 0.806. The van der Waals surface area contributed by atoms with Gasteiger partial charge in [0.15, 0.2) is 0 Å². The smallest absolute Gasteiger partial charge is 0.119 e. The van der Waals surface area contributed by atoms with Crippen molar-refractivity contribution in [2.24, 2.45) is 5.73 Å². The molecule has 0 aliphatic carbocycles. The van der Waals surface area contributed by atoms with E-state index in [1.165, 1.54) is 0 Å². The second kappa shape index (κ2) is 6.73. The molecule has 104 valence electrons. The van der Waals surface area contributed by atoms with Crippen molar-refractivity contribution >= 4 is 17.2 Å². The highest BCUT2D eigenvalue weighted by Crippen LogP contribution is 2.19. The van der Waals surface area contributed by atoms with E-state index in [-0.39, 0.29) is 6.04 Å². The zero-order valence-electron chi connectivity index (χ0n) is 11.2. The number of likely N-dealkylation sites (tertiary alicyclic amines) is 1. The van der Waals surface area contributed by atoms with E-state index in [0.717, 1.165) is 37.4 Å². The molecule has 0 saturated carbocycles. The molecule has 2 rings (SSSR count). The summed E-state index contributed by atoms with van der Waals surface area (Å²) in [7, 11) is 1.65. The summed E-state index contributed by atoms with van der Waals surface area (Å²) < 4.78 is 10.8. The summed E-state index contributed by atoms with van der Waals surface area (Å²) in [5, 5.41) is 0. The fourth-order valence-corrected chi connectivity index (χ4v) is 2.64. The van der Waals surface area contributed by atoms with Gasteiger partial charge in [-0.1, -0.05) is 12.2 Å². The number of hydrogen-bond acceptors (Lipinski definition) is 4. The Labute approximate surface area is 119 Å². The van der Waals surface area contributed by atoms with Crippen LogP contribution < -0.4 is 15.2 Å². The molecular formula is C14H20N2O2S. The Hall–Kier alpha value is -1.33. The number of benzene rings is 1. The Balaban J connectivity index is 1.78. The number of methoxy groups -OCH3 is 1. The molecular weight excluding hydrogens is 260 g/mol. The van der Waals surface area contributed by atoms with Gasteiger partial charge < -0.3 is 15.2 Å². The van der Waals surface area contributed by atoms with Gasteiger partial charge in [-0.2, -0.15) is 0 Å². The third-order valence-corrected chi connectivity index (χ3v) is 3.67. The minimum absolute atomic E-state index is 0.245. The lowest BCUT2D eigenvalue weighted by Gasteiger charge is -2.23. The number of hydrogen-bond donors (Lipinski definition) is 1. The van der Waals surface area contributed by atoms with Gasteiger partial charge in [-0.15, -0.1) is 0 Å². The molecule has 0 radical (unpaired) electrons. The summed E-state index contributed by atoms with van der Waals surface area (Å²) in [6.07, 6.45) is 2.22. The van der Waals surface area contributed by atoms with Gasteiger partial charge in [0.1, 0.15) is 18.1 Å². The fourth-order valence-electron chi connectivity index (χ4n) is 2.37. The number of thiocarbonyl (C=S) groups is 1. The maximum absolute atomic E-state index is 5.74. The Morgan fingerprint density at radius 3 is 2.68 bits per heavy atom. The predicted octanol–water partition coefficient (Wildman–Crippen LogP) is 1.82. The van der Waals surface area contributed by atoms with Crippen LogP contribution >= 0.6 is 12.2 Å². The average Bonchev–Trinajstić information content (AvgIpc) is 2.88. The van der Waals surface area contributed by atoms with Crippen LogP contribution in [0.2, 0.25) is 0 Å². The van der Waals surface area contributed by atoms with Crippen molar-refractivity contribution < 1.29 is 9.47 Å². The largest absolute Gasteiger partial charge is 0.497 e. The molecule has 2 N–H and O–H groups in total. The van der Waals surface area contributed by atoms with E-state index in [9.17, 15) is 0 Å². The van der Waals surface area contributed by atoms with Crippen molar-refractivity contribution in [2.75, 3.05) is 26.8 Å². The van der Waals surface area contributed by atoms with Crippen LogP contribution in [-0.2, 0) is 0 Å². The first-order valence-electron chi connectivity index (χ1n) is 6.51. The lowest BCUT2D eigenvalue weighted by atomic mass is 10.2. The molecule has 1 atom stereocenters. The van der Waals surface area contributed by atoms with Crippen molar-refractivity contribution in [1.29, 1.82) is 0 Å². The van der Waals surface area contributed by atoms with Gasteiger partial charge in [-0.05, 0) is 43.7 Å². The van der Waals surface area contributed by atoms with E-state index in [2.05, 4.69) is 4.90 Å². The third-order valence-electron chi connectivity index (χ3n) is 3.40. The van der Waals surface area contributed by atoms with Crippen molar-refractivity contribution in [1.82, 2.24) is 4.90 Å². The number of nitrogens with zero attached hydrogens (tertiary/aromatic N) is 1. The minimum Gasteiger partial charge on any atom is -0.497 e. The van der Waals surface area contributed by atoms with Gasteiger partial charge in [0.25, 0.3) is 0 Å². The first-order valence-corrected chi connectivity index (χ1v) is 6.92. The Morgan fingerprint density at radius 2 is 2.05 bits per heavy atom. The molecule has 1 fully saturated rings. The van der Waals surface area contributed by atoms with Gasteiger partial charge in [0.2, 0.25) is 0 Å². The lowest BCUT2D eigenvalue weighted by molar-refractivity contribution is 0.222. The number of ether oxygens (including phenoxy) is 2. The van der Waals surface area contributed by atoms with Crippen molar-refractivity contribution in [3.63, 3.8) is 0 Å². The van der Waals surface area contributed by atoms with E-state index in [4.69, 9.17) is 27.4 Å². The van der Waals surface area contributed by atoms with Crippen molar-refractivity contribution in [2.45, 2.75) is 18.9 Å². The zero-order valence-corrected chi connectivity index (χ0v) is 12.0. The molecule has 1 aliphatic rings. The Kier molecular flexibility index (Phi) is 4.99. The minimum atomic E-state index is 0.245. The first-order chi connectivity index (χ1) is 9.20. The summed E-state index contributed by atoms with van der Waals surface area (Å²) in [6, 6.07) is 7.85. The second-order valence-corrected chi connectivity index (χ2v) is 5.09. The monoisotopic (exact) mass is 280 g/mol. The van der Waals surface area contributed by atoms with Gasteiger partial charge in [0, 0.05) is 6.54 Å². The van der Waals surface area contributed by atoms with Crippen LogP contribution in [-0.4, -0.2) is 42.7 Å². The highest BCUT2D eigenvalue weighted by molar-refractivity contribution is 7.80. The summed E-state index contributed by atoms with van der Waals surface area (Å²) >= 11 is 5.09. The molecule has 1 unspecified atom stereocenters. The Bertz CT molecular complexity index is 422. The van der Waals surface area contributed by atoms with E-state index in [1.54, 1.807) is 7.11 Å². The molecule has 0 spiro atoms. The summed E-state index contributed by atoms with van der Waals surface area (Å²) in [4.78, 5) is 2.90. The molecule has 1 aliphatic heterocycles. The number of nitrogens with two attached hydrogens (primary N) is 1. The van der Waals surface area contributed by atoms with Gasteiger partial charge in [0.05, 0.1) is 18.1 Å². The van der Waals surface area contributed by atoms with Crippen LogP contribution in [0.15, 0.2) is 24.3 Å². The van der Waals surface area contributed by atoms with E-state index in [0.29, 0.717) is 11.6 Å². The second-order valence-electron chi connectivity index (χ2n) is 4.62. The van der Waals surface area contributed by atoms with E-state index < -0.39 is 0 Å². The maximum Gasteiger partial charge on any atom is 0.119 e. The van der Waals surface area contributed by atoms with Crippen LogP contribution in [0.4, 0.5) is 0 Å². The van der Waals surface area contributed by atoms with E-state index in [1.807, 2.05) is 24.3 Å². The zero-order chi connectivity index (χ0) is 13.7.